The molecule has 0 saturated carbocycles. The summed E-state index contributed by atoms with van der Waals surface area (Å²) >= 11 is 1.42. The third-order valence-corrected chi connectivity index (χ3v) is 5.88. The second-order valence-corrected chi connectivity index (χ2v) is 9.15. The molecule has 0 radical (unpaired) electrons. The third kappa shape index (κ3) is 5.46. The molecule has 1 aromatic carbocycles. The Morgan fingerprint density at radius 2 is 2.00 bits per heavy atom. The Bertz CT molecular complexity index is 864. The highest BCUT2D eigenvalue weighted by molar-refractivity contribution is 8.00. The summed E-state index contributed by atoms with van der Waals surface area (Å²) in [6.07, 6.45) is 0. The Hall–Kier alpha value is -2.26. The molecule has 2 aromatic rings. The van der Waals surface area contributed by atoms with Gasteiger partial charge >= 0.3 is 0 Å². The lowest BCUT2D eigenvalue weighted by Gasteiger charge is -2.28. The van der Waals surface area contributed by atoms with Gasteiger partial charge in [0.25, 0.3) is 0 Å². The van der Waals surface area contributed by atoms with Gasteiger partial charge in [-0.05, 0) is 37.5 Å². The van der Waals surface area contributed by atoms with E-state index in [4.69, 9.17) is 9.47 Å². The van der Waals surface area contributed by atoms with Gasteiger partial charge in [0.1, 0.15) is 5.75 Å². The number of benzene rings is 1. The van der Waals surface area contributed by atoms with Crippen molar-refractivity contribution in [3.8, 4) is 5.75 Å². The Morgan fingerprint density at radius 3 is 2.67 bits per heavy atom. The van der Waals surface area contributed by atoms with Gasteiger partial charge in [0.2, 0.25) is 11.9 Å². The molecule has 30 heavy (non-hydrogen) atoms. The first-order valence-corrected chi connectivity index (χ1v) is 11.1. The number of hydrogen-bond donors (Lipinski definition) is 1. The summed E-state index contributed by atoms with van der Waals surface area (Å²) in [6, 6.07) is 5.72. The summed E-state index contributed by atoms with van der Waals surface area (Å²) < 4.78 is 13.0. The SMILES string of the molecule is COc1ccc(C)cc1NC(=O)[C@@H](C)Sc1nnc(N2CCOCC2)n1CC(C)C. The van der Waals surface area contributed by atoms with E-state index in [0.29, 0.717) is 30.6 Å². The standard InChI is InChI=1S/C21H31N5O3S/c1-14(2)13-26-20(25-8-10-29-11-9-25)23-24-21(26)30-16(4)19(27)22-17-12-15(3)6-7-18(17)28-5/h6-7,12,14,16H,8-11,13H2,1-5H3,(H,22,27)/t16-/m1/s1. The number of aryl methyl sites for hydroxylation is 1. The lowest BCUT2D eigenvalue weighted by Crippen LogP contribution is -2.38. The Balaban J connectivity index is 1.75. The largest absolute Gasteiger partial charge is 0.495 e. The van der Waals surface area contributed by atoms with Crippen LogP contribution >= 0.6 is 11.8 Å². The van der Waals surface area contributed by atoms with Crippen molar-refractivity contribution in [3.63, 3.8) is 0 Å². The Morgan fingerprint density at radius 1 is 1.27 bits per heavy atom. The van der Waals surface area contributed by atoms with Crippen LogP contribution in [0.4, 0.5) is 11.6 Å². The van der Waals surface area contributed by atoms with Gasteiger partial charge in [0.05, 0.1) is 31.3 Å². The fourth-order valence-corrected chi connectivity index (χ4v) is 4.11. The number of thioether (sulfide) groups is 1. The molecular weight excluding hydrogens is 402 g/mol. The molecule has 1 aliphatic rings. The van der Waals surface area contributed by atoms with Crippen LogP contribution in [0, 0.1) is 12.8 Å². The number of aromatic nitrogens is 3. The fraction of sp³-hybridized carbons (Fsp3) is 0.571. The Labute approximate surface area is 182 Å². The highest BCUT2D eigenvalue weighted by Crippen LogP contribution is 2.30. The summed E-state index contributed by atoms with van der Waals surface area (Å²) in [5.74, 6) is 1.82. The van der Waals surface area contributed by atoms with Gasteiger partial charge in [-0.15, -0.1) is 10.2 Å². The smallest absolute Gasteiger partial charge is 0.237 e. The first-order valence-electron chi connectivity index (χ1n) is 10.3. The van der Waals surface area contributed by atoms with Gasteiger partial charge in [-0.3, -0.25) is 9.36 Å². The lowest BCUT2D eigenvalue weighted by atomic mass is 10.2. The van der Waals surface area contributed by atoms with Gasteiger partial charge in [-0.1, -0.05) is 31.7 Å². The van der Waals surface area contributed by atoms with Crippen molar-refractivity contribution in [2.24, 2.45) is 5.92 Å². The molecule has 9 heteroatoms. The second kappa shape index (κ2) is 10.2. The van der Waals surface area contributed by atoms with Crippen molar-refractivity contribution in [1.29, 1.82) is 0 Å². The van der Waals surface area contributed by atoms with E-state index >= 15 is 0 Å². The molecule has 1 saturated heterocycles. The molecular formula is C21H31N5O3S. The van der Waals surface area contributed by atoms with Crippen molar-refractivity contribution in [2.45, 2.75) is 44.6 Å². The summed E-state index contributed by atoms with van der Waals surface area (Å²) in [4.78, 5) is 15.1. The van der Waals surface area contributed by atoms with Crippen LogP contribution in [0.2, 0.25) is 0 Å². The molecule has 3 rings (SSSR count). The fourth-order valence-electron chi connectivity index (χ4n) is 3.26. The second-order valence-electron chi connectivity index (χ2n) is 7.84. The minimum absolute atomic E-state index is 0.101. The molecule has 1 N–H and O–H groups in total. The maximum atomic E-state index is 12.9. The molecule has 0 spiro atoms. The van der Waals surface area contributed by atoms with Crippen LogP contribution in [-0.2, 0) is 16.1 Å². The number of rotatable bonds is 8. The minimum atomic E-state index is -0.345. The third-order valence-electron chi connectivity index (χ3n) is 4.80. The average Bonchev–Trinajstić information content (AvgIpc) is 3.10. The number of methoxy groups -OCH3 is 1. The summed E-state index contributed by atoms with van der Waals surface area (Å²) in [5.41, 5.74) is 1.73. The van der Waals surface area contributed by atoms with Crippen molar-refractivity contribution in [2.75, 3.05) is 43.6 Å². The van der Waals surface area contributed by atoms with E-state index in [-0.39, 0.29) is 11.2 Å². The van der Waals surface area contributed by atoms with E-state index in [1.807, 2.05) is 32.0 Å². The van der Waals surface area contributed by atoms with Crippen LogP contribution in [0.15, 0.2) is 23.4 Å². The normalized spacial score (nSPS) is 15.3. The summed E-state index contributed by atoms with van der Waals surface area (Å²) in [5, 5.41) is 12.2. The number of hydrogen-bond acceptors (Lipinski definition) is 7. The quantitative estimate of drug-likeness (QED) is 0.640. The molecule has 1 fully saturated rings. The first-order chi connectivity index (χ1) is 14.4. The number of amides is 1. The van der Waals surface area contributed by atoms with E-state index in [9.17, 15) is 4.79 Å². The number of carbonyl (C=O) groups is 1. The molecule has 8 nitrogen and oxygen atoms in total. The molecule has 1 aliphatic heterocycles. The van der Waals surface area contributed by atoms with Crippen LogP contribution in [-0.4, -0.2) is 59.3 Å². The molecule has 2 heterocycles. The molecule has 1 aromatic heterocycles. The van der Waals surface area contributed by atoms with Crippen LogP contribution in [0.5, 0.6) is 5.75 Å². The van der Waals surface area contributed by atoms with Crippen LogP contribution in [0.1, 0.15) is 26.3 Å². The molecule has 0 bridgehead atoms. The molecule has 1 atom stereocenters. The van der Waals surface area contributed by atoms with E-state index < -0.39 is 0 Å². The maximum Gasteiger partial charge on any atom is 0.237 e. The Kier molecular flexibility index (Phi) is 7.60. The molecule has 0 unspecified atom stereocenters. The van der Waals surface area contributed by atoms with E-state index in [2.05, 4.69) is 38.8 Å². The summed E-state index contributed by atoms with van der Waals surface area (Å²) in [6.45, 7) is 12.0. The highest BCUT2D eigenvalue weighted by Gasteiger charge is 2.24. The van der Waals surface area contributed by atoms with Crippen molar-refractivity contribution in [1.82, 2.24) is 14.8 Å². The van der Waals surface area contributed by atoms with Crippen LogP contribution in [0.25, 0.3) is 0 Å². The average molecular weight is 434 g/mol. The van der Waals surface area contributed by atoms with Gasteiger partial charge in [0.15, 0.2) is 5.16 Å². The van der Waals surface area contributed by atoms with Crippen LogP contribution < -0.4 is 15.0 Å². The number of ether oxygens (including phenoxy) is 2. The number of anilines is 2. The molecule has 0 aliphatic carbocycles. The highest BCUT2D eigenvalue weighted by atomic mass is 32.2. The van der Waals surface area contributed by atoms with Crippen LogP contribution in [0.3, 0.4) is 0 Å². The van der Waals surface area contributed by atoms with E-state index in [1.165, 1.54) is 11.8 Å². The van der Waals surface area contributed by atoms with Gasteiger partial charge in [0, 0.05) is 19.6 Å². The molecule has 1 amide bonds. The monoisotopic (exact) mass is 433 g/mol. The zero-order chi connectivity index (χ0) is 21.7. The zero-order valence-corrected chi connectivity index (χ0v) is 19.2. The predicted octanol–water partition coefficient (Wildman–Crippen LogP) is 3.21. The minimum Gasteiger partial charge on any atom is -0.495 e. The lowest BCUT2D eigenvalue weighted by molar-refractivity contribution is -0.115. The number of nitrogens with one attached hydrogen (secondary N) is 1. The van der Waals surface area contributed by atoms with Crippen molar-refractivity contribution in [3.05, 3.63) is 23.8 Å². The predicted molar refractivity (Wildman–Crippen MR) is 120 cm³/mol. The van der Waals surface area contributed by atoms with E-state index in [0.717, 1.165) is 36.3 Å². The zero-order valence-electron chi connectivity index (χ0n) is 18.3. The maximum absolute atomic E-state index is 12.9. The van der Waals surface area contributed by atoms with Crippen molar-refractivity contribution < 1.29 is 14.3 Å². The van der Waals surface area contributed by atoms with Gasteiger partial charge < -0.3 is 19.7 Å². The number of carbonyl (C=O) groups excluding carboxylic acids is 1. The number of nitrogens with zero attached hydrogens (tertiary/aromatic N) is 4. The molecule has 164 valence electrons. The number of morpholine rings is 1. The van der Waals surface area contributed by atoms with Gasteiger partial charge in [-0.25, -0.2) is 0 Å². The topological polar surface area (TPSA) is 81.5 Å². The first kappa shape index (κ1) is 22.4. The van der Waals surface area contributed by atoms with Gasteiger partial charge in [-0.2, -0.15) is 0 Å². The summed E-state index contributed by atoms with van der Waals surface area (Å²) in [7, 11) is 1.60. The van der Waals surface area contributed by atoms with E-state index in [1.54, 1.807) is 7.11 Å². The van der Waals surface area contributed by atoms with Crippen molar-refractivity contribution >= 4 is 29.3 Å².